The molecule has 6 heteroatoms. The molecule has 4 nitrogen and oxygen atoms in total. The van der Waals surface area contributed by atoms with E-state index in [1.54, 1.807) is 30.3 Å². The van der Waals surface area contributed by atoms with Gasteiger partial charge in [-0.1, -0.05) is 29.8 Å². The minimum Gasteiger partial charge on any atom is -0.479 e. The van der Waals surface area contributed by atoms with Crippen molar-refractivity contribution in [3.05, 3.63) is 56.2 Å². The van der Waals surface area contributed by atoms with E-state index in [-0.39, 0.29) is 0 Å². The highest BCUT2D eigenvalue weighted by molar-refractivity contribution is 7.12. The van der Waals surface area contributed by atoms with Gasteiger partial charge in [-0.2, -0.15) is 0 Å². The molecule has 2 N–H and O–H groups in total. The van der Waals surface area contributed by atoms with Crippen molar-refractivity contribution in [1.82, 2.24) is 5.32 Å². The quantitative estimate of drug-likeness (QED) is 0.903. The maximum atomic E-state index is 12.3. The summed E-state index contributed by atoms with van der Waals surface area (Å²) >= 11 is 7.51. The molecule has 0 aliphatic rings. The van der Waals surface area contributed by atoms with Gasteiger partial charge in [0.2, 0.25) is 0 Å². The predicted molar refractivity (Wildman–Crippen MR) is 83.1 cm³/mol. The molecule has 0 unspecified atom stereocenters. The Morgan fingerprint density at radius 3 is 2.48 bits per heavy atom. The van der Waals surface area contributed by atoms with Gasteiger partial charge < -0.3 is 10.4 Å². The topological polar surface area (TPSA) is 66.4 Å². The number of carbonyl (C=O) groups excluding carboxylic acids is 1. The summed E-state index contributed by atoms with van der Waals surface area (Å²) in [5.74, 6) is -1.56. The van der Waals surface area contributed by atoms with Gasteiger partial charge in [-0.25, -0.2) is 4.79 Å². The Bertz CT molecular complexity index is 696. The van der Waals surface area contributed by atoms with Crippen LogP contribution in [-0.2, 0) is 4.79 Å². The molecule has 2 rings (SSSR count). The van der Waals surface area contributed by atoms with Gasteiger partial charge in [-0.3, -0.25) is 4.79 Å². The highest BCUT2D eigenvalue weighted by Gasteiger charge is 2.25. The Hall–Kier alpha value is -1.85. The number of hydrogen-bond donors (Lipinski definition) is 2. The number of carbonyl (C=O) groups is 2. The second kappa shape index (κ2) is 6.28. The van der Waals surface area contributed by atoms with Crippen LogP contribution in [0.1, 0.15) is 31.7 Å². The largest absolute Gasteiger partial charge is 0.479 e. The van der Waals surface area contributed by atoms with Gasteiger partial charge in [0.15, 0.2) is 6.04 Å². The zero-order valence-electron chi connectivity index (χ0n) is 11.5. The number of benzene rings is 1. The van der Waals surface area contributed by atoms with E-state index in [2.05, 4.69) is 5.32 Å². The maximum absolute atomic E-state index is 12.3. The minimum atomic E-state index is -1.18. The second-order valence-electron chi connectivity index (χ2n) is 4.59. The highest BCUT2D eigenvalue weighted by Crippen LogP contribution is 2.25. The number of amides is 1. The first kappa shape index (κ1) is 15.5. The van der Waals surface area contributed by atoms with Gasteiger partial charge in [0.25, 0.3) is 5.91 Å². The summed E-state index contributed by atoms with van der Waals surface area (Å²) in [7, 11) is 0. The molecule has 1 aromatic heterocycles. The molecular formula is C15H14ClNO3S. The Balaban J connectivity index is 2.29. The molecule has 110 valence electrons. The number of halogens is 1. The summed E-state index contributed by atoms with van der Waals surface area (Å²) in [5, 5.41) is 12.2. The first-order valence-corrected chi connectivity index (χ1v) is 7.44. The normalized spacial score (nSPS) is 12.0. The molecule has 0 saturated carbocycles. The van der Waals surface area contributed by atoms with Crippen LogP contribution in [-0.4, -0.2) is 17.0 Å². The standard InChI is InChI=1S/C15H14ClNO3S/c1-8-7-11(9(2)21-8)14(18)17-13(15(19)20)10-5-3-4-6-12(10)16/h3-7,13H,1-2H3,(H,17,18)(H,19,20)/t13-/m1/s1. The predicted octanol–water partition coefficient (Wildman–Crippen LogP) is 3.57. The van der Waals surface area contributed by atoms with Crippen molar-refractivity contribution in [3.8, 4) is 0 Å². The number of carboxylic acids is 1. The van der Waals surface area contributed by atoms with Gasteiger partial charge in [0, 0.05) is 20.3 Å². The summed E-state index contributed by atoms with van der Waals surface area (Å²) in [4.78, 5) is 25.6. The van der Waals surface area contributed by atoms with Crippen molar-refractivity contribution >= 4 is 34.8 Å². The first-order chi connectivity index (χ1) is 9.90. The van der Waals surface area contributed by atoms with E-state index >= 15 is 0 Å². The average Bonchev–Trinajstić information content (AvgIpc) is 2.75. The van der Waals surface area contributed by atoms with Crippen molar-refractivity contribution in [3.63, 3.8) is 0 Å². The Morgan fingerprint density at radius 2 is 1.95 bits per heavy atom. The molecule has 0 spiro atoms. The molecule has 0 radical (unpaired) electrons. The number of hydrogen-bond acceptors (Lipinski definition) is 3. The lowest BCUT2D eigenvalue weighted by atomic mass is 10.1. The molecule has 1 heterocycles. The van der Waals surface area contributed by atoms with E-state index in [9.17, 15) is 14.7 Å². The van der Waals surface area contributed by atoms with E-state index in [4.69, 9.17) is 11.6 Å². The number of thiophene rings is 1. The third-order valence-corrected chi connectivity index (χ3v) is 4.33. The number of rotatable bonds is 4. The smallest absolute Gasteiger partial charge is 0.330 e. The van der Waals surface area contributed by atoms with E-state index < -0.39 is 17.9 Å². The summed E-state index contributed by atoms with van der Waals surface area (Å²) < 4.78 is 0. The monoisotopic (exact) mass is 323 g/mol. The first-order valence-electron chi connectivity index (χ1n) is 6.25. The van der Waals surface area contributed by atoms with Gasteiger partial charge in [-0.15, -0.1) is 11.3 Å². The Kier molecular flexibility index (Phi) is 4.65. The van der Waals surface area contributed by atoms with Crippen LogP contribution in [0.25, 0.3) is 0 Å². The number of carboxylic acid groups (broad SMARTS) is 1. The maximum Gasteiger partial charge on any atom is 0.330 e. The van der Waals surface area contributed by atoms with Gasteiger partial charge in [0.1, 0.15) is 0 Å². The van der Waals surface area contributed by atoms with E-state index in [1.807, 2.05) is 13.8 Å². The van der Waals surface area contributed by atoms with Gasteiger partial charge >= 0.3 is 5.97 Å². The van der Waals surface area contributed by atoms with E-state index in [1.165, 1.54) is 11.3 Å². The molecule has 2 aromatic rings. The van der Waals surface area contributed by atoms with E-state index in [0.29, 0.717) is 16.1 Å². The molecule has 1 amide bonds. The van der Waals surface area contributed by atoms with Crippen LogP contribution in [0.4, 0.5) is 0 Å². The molecule has 1 atom stereocenters. The summed E-state index contributed by atoms with van der Waals surface area (Å²) in [6.07, 6.45) is 0. The molecule has 0 aliphatic carbocycles. The molecular weight excluding hydrogens is 310 g/mol. The third-order valence-electron chi connectivity index (χ3n) is 3.02. The Morgan fingerprint density at radius 1 is 1.29 bits per heavy atom. The number of aryl methyl sites for hydroxylation is 2. The van der Waals surface area contributed by atoms with Crippen molar-refractivity contribution in [1.29, 1.82) is 0 Å². The van der Waals surface area contributed by atoms with Crippen molar-refractivity contribution in [2.75, 3.05) is 0 Å². The third kappa shape index (κ3) is 3.43. The van der Waals surface area contributed by atoms with Crippen LogP contribution in [0.5, 0.6) is 0 Å². The average molecular weight is 324 g/mol. The van der Waals surface area contributed by atoms with Crippen LogP contribution < -0.4 is 5.32 Å². The van der Waals surface area contributed by atoms with Crippen molar-refractivity contribution in [2.45, 2.75) is 19.9 Å². The van der Waals surface area contributed by atoms with Crippen LogP contribution in [0, 0.1) is 13.8 Å². The van der Waals surface area contributed by atoms with Crippen LogP contribution in [0.2, 0.25) is 5.02 Å². The molecule has 0 fully saturated rings. The Labute approximate surface area is 131 Å². The van der Waals surface area contributed by atoms with Crippen LogP contribution in [0.3, 0.4) is 0 Å². The summed E-state index contributed by atoms with van der Waals surface area (Å²) in [6, 6.07) is 7.15. The number of nitrogens with one attached hydrogen (secondary N) is 1. The molecule has 0 aliphatic heterocycles. The van der Waals surface area contributed by atoms with Crippen LogP contribution in [0.15, 0.2) is 30.3 Å². The number of aliphatic carboxylic acids is 1. The minimum absolute atomic E-state index is 0.309. The summed E-state index contributed by atoms with van der Waals surface area (Å²) in [5.41, 5.74) is 0.862. The van der Waals surface area contributed by atoms with E-state index in [0.717, 1.165) is 9.75 Å². The molecule has 21 heavy (non-hydrogen) atoms. The molecule has 1 aromatic carbocycles. The zero-order chi connectivity index (χ0) is 15.6. The van der Waals surface area contributed by atoms with Crippen LogP contribution >= 0.6 is 22.9 Å². The zero-order valence-corrected chi connectivity index (χ0v) is 13.1. The summed E-state index contributed by atoms with van der Waals surface area (Å²) in [6.45, 7) is 3.73. The fourth-order valence-electron chi connectivity index (χ4n) is 2.05. The van der Waals surface area contributed by atoms with Crippen molar-refractivity contribution in [2.24, 2.45) is 0 Å². The lowest BCUT2D eigenvalue weighted by molar-refractivity contribution is -0.139. The van der Waals surface area contributed by atoms with Gasteiger partial charge in [0.05, 0.1) is 5.56 Å². The SMILES string of the molecule is Cc1cc(C(=O)N[C@@H](C(=O)O)c2ccccc2Cl)c(C)s1. The fraction of sp³-hybridized carbons (Fsp3) is 0.200. The fourth-order valence-corrected chi connectivity index (χ4v) is 3.21. The highest BCUT2D eigenvalue weighted by atomic mass is 35.5. The van der Waals surface area contributed by atoms with Gasteiger partial charge in [-0.05, 0) is 26.0 Å². The second-order valence-corrected chi connectivity index (χ2v) is 6.46. The molecule has 0 bridgehead atoms. The lowest BCUT2D eigenvalue weighted by Gasteiger charge is -2.16. The molecule has 0 saturated heterocycles. The lowest BCUT2D eigenvalue weighted by Crippen LogP contribution is -2.34. The van der Waals surface area contributed by atoms with Crippen molar-refractivity contribution < 1.29 is 14.7 Å².